The van der Waals surface area contributed by atoms with Crippen molar-refractivity contribution in [2.75, 3.05) is 25.0 Å². The lowest BCUT2D eigenvalue weighted by atomic mass is 9.97. The van der Waals surface area contributed by atoms with Gasteiger partial charge in [-0.25, -0.2) is 14.8 Å². The number of hydrogen-bond acceptors (Lipinski definition) is 5. The molecule has 4 rings (SSSR count). The molecule has 152 valence electrons. The third-order valence-corrected chi connectivity index (χ3v) is 5.76. The highest BCUT2D eigenvalue weighted by atomic mass is 16.2. The Kier molecular flexibility index (Phi) is 5.71. The first kappa shape index (κ1) is 19.3. The Morgan fingerprint density at radius 3 is 2.38 bits per heavy atom. The Hall–Kier alpha value is -3.00. The average molecular weight is 394 g/mol. The van der Waals surface area contributed by atoms with Crippen LogP contribution in [0.5, 0.6) is 0 Å². The summed E-state index contributed by atoms with van der Waals surface area (Å²) in [5, 5.41) is 5.79. The lowest BCUT2D eigenvalue weighted by molar-refractivity contribution is 0.0934. The fraction of sp³-hybridized carbons (Fsp3) is 0.429. The second-order valence-corrected chi connectivity index (χ2v) is 7.70. The van der Waals surface area contributed by atoms with Crippen LogP contribution in [-0.4, -0.2) is 52.5 Å². The molecule has 8 heteroatoms. The van der Waals surface area contributed by atoms with Gasteiger partial charge in [0.15, 0.2) is 11.5 Å². The quantitative estimate of drug-likeness (QED) is 0.729. The highest BCUT2D eigenvalue weighted by Crippen LogP contribution is 2.22. The number of fused-ring (bicyclic) bond motifs is 1. The number of piperidine rings is 1. The summed E-state index contributed by atoms with van der Waals surface area (Å²) in [6.45, 7) is 1.95. The van der Waals surface area contributed by atoms with Crippen molar-refractivity contribution in [3.05, 3.63) is 53.5 Å². The molecule has 2 aliphatic rings. The van der Waals surface area contributed by atoms with Gasteiger partial charge < -0.3 is 16.0 Å². The summed E-state index contributed by atoms with van der Waals surface area (Å²) in [6.07, 6.45) is 6.29. The minimum absolute atomic E-state index is 0.0146. The van der Waals surface area contributed by atoms with Crippen molar-refractivity contribution in [1.82, 2.24) is 20.2 Å². The predicted octanol–water partition coefficient (Wildman–Crippen LogP) is 1.58. The Morgan fingerprint density at radius 1 is 1.07 bits per heavy atom. The van der Waals surface area contributed by atoms with Crippen molar-refractivity contribution in [2.45, 2.75) is 31.7 Å². The molecule has 4 N–H and O–H groups in total. The Morgan fingerprint density at radius 2 is 1.72 bits per heavy atom. The summed E-state index contributed by atoms with van der Waals surface area (Å²) < 4.78 is 0. The molecule has 1 saturated heterocycles. The van der Waals surface area contributed by atoms with Gasteiger partial charge in [0.2, 0.25) is 0 Å². The monoisotopic (exact) mass is 394 g/mol. The molecule has 1 aromatic carbocycles. The molecule has 29 heavy (non-hydrogen) atoms. The minimum Gasteiger partial charge on any atom is -0.347 e. The lowest BCUT2D eigenvalue weighted by Gasteiger charge is -2.31. The van der Waals surface area contributed by atoms with E-state index in [4.69, 9.17) is 5.73 Å². The number of carbonyl (C=O) groups is 2. The summed E-state index contributed by atoms with van der Waals surface area (Å²) in [4.78, 5) is 35.5. The number of nitrogens with one attached hydrogen (secondary N) is 2. The first-order valence-electron chi connectivity index (χ1n) is 10.1. The van der Waals surface area contributed by atoms with Crippen LogP contribution >= 0.6 is 0 Å². The first-order chi connectivity index (χ1) is 14.1. The summed E-state index contributed by atoms with van der Waals surface area (Å²) in [7, 11) is 0. The molecule has 1 fully saturated rings. The predicted molar refractivity (Wildman–Crippen MR) is 110 cm³/mol. The number of likely N-dealkylation sites (tertiary alicyclic amines) is 1. The van der Waals surface area contributed by atoms with E-state index in [1.54, 1.807) is 4.90 Å². The largest absolute Gasteiger partial charge is 0.347 e. The number of nitrogens with zero attached hydrogens (tertiary/aromatic N) is 3. The van der Waals surface area contributed by atoms with Crippen LogP contribution in [0.4, 0.5) is 10.6 Å². The van der Waals surface area contributed by atoms with Crippen LogP contribution < -0.4 is 16.4 Å². The normalized spacial score (nSPS) is 17.1. The molecule has 0 unspecified atom stereocenters. The van der Waals surface area contributed by atoms with E-state index in [9.17, 15) is 9.59 Å². The van der Waals surface area contributed by atoms with Crippen molar-refractivity contribution < 1.29 is 9.59 Å². The summed E-state index contributed by atoms with van der Waals surface area (Å²) in [5.41, 5.74) is 8.36. The maximum atomic E-state index is 12.8. The van der Waals surface area contributed by atoms with Crippen molar-refractivity contribution in [3.63, 3.8) is 0 Å². The van der Waals surface area contributed by atoms with Crippen molar-refractivity contribution in [1.29, 1.82) is 0 Å². The van der Waals surface area contributed by atoms with Crippen LogP contribution in [0.15, 0.2) is 36.7 Å². The van der Waals surface area contributed by atoms with E-state index in [2.05, 4.69) is 32.7 Å². The van der Waals surface area contributed by atoms with Crippen molar-refractivity contribution in [2.24, 2.45) is 11.7 Å². The number of anilines is 1. The van der Waals surface area contributed by atoms with E-state index in [0.717, 1.165) is 25.7 Å². The van der Waals surface area contributed by atoms with Gasteiger partial charge in [-0.2, -0.15) is 0 Å². The fourth-order valence-electron chi connectivity index (χ4n) is 4.06. The molecule has 0 spiro atoms. The number of hydrogen-bond donors (Lipinski definition) is 3. The zero-order chi connectivity index (χ0) is 20.2. The van der Waals surface area contributed by atoms with Crippen LogP contribution in [0.1, 0.15) is 34.5 Å². The third-order valence-electron chi connectivity index (χ3n) is 5.76. The maximum Gasteiger partial charge on any atom is 0.323 e. The smallest absolute Gasteiger partial charge is 0.323 e. The third kappa shape index (κ3) is 4.37. The molecule has 0 bridgehead atoms. The topological polar surface area (TPSA) is 113 Å². The molecule has 1 aliphatic heterocycles. The van der Waals surface area contributed by atoms with Crippen LogP contribution in [0.3, 0.4) is 0 Å². The molecule has 2 heterocycles. The van der Waals surface area contributed by atoms with Crippen LogP contribution in [-0.2, 0) is 12.8 Å². The van der Waals surface area contributed by atoms with Crippen LogP contribution in [0.2, 0.25) is 0 Å². The van der Waals surface area contributed by atoms with Crippen LogP contribution in [0.25, 0.3) is 0 Å². The number of rotatable bonds is 4. The first-order valence-corrected chi connectivity index (χ1v) is 10.1. The Balaban J connectivity index is 1.39. The SMILES string of the molecule is NCC1CCN(C(=O)Nc2nccnc2C(=O)NC2Cc3ccccc3C2)CC1. The second kappa shape index (κ2) is 8.57. The molecule has 0 atom stereocenters. The van der Waals surface area contributed by atoms with Crippen molar-refractivity contribution in [3.8, 4) is 0 Å². The standard InChI is InChI=1S/C21H26N6O2/c22-13-14-5-9-27(10-6-14)21(29)26-19-18(23-7-8-24-19)20(28)25-17-11-15-3-1-2-4-16(15)12-17/h1-4,7-8,14,17H,5-6,9-13,22H2,(H,25,28)(H,24,26,29). The molecule has 8 nitrogen and oxygen atoms in total. The number of nitrogens with two attached hydrogens (primary N) is 1. The number of carbonyl (C=O) groups excluding carboxylic acids is 2. The highest BCUT2D eigenvalue weighted by molar-refractivity contribution is 6.00. The number of aromatic nitrogens is 2. The molecule has 0 radical (unpaired) electrons. The van der Waals surface area contributed by atoms with Gasteiger partial charge >= 0.3 is 6.03 Å². The van der Waals surface area contributed by atoms with Crippen molar-refractivity contribution >= 4 is 17.8 Å². The lowest BCUT2D eigenvalue weighted by Crippen LogP contribution is -2.43. The van der Waals surface area contributed by atoms with Gasteiger partial charge in [-0.3, -0.25) is 10.1 Å². The molecule has 0 saturated carbocycles. The highest BCUT2D eigenvalue weighted by Gasteiger charge is 2.27. The Bertz CT molecular complexity index is 869. The zero-order valence-corrected chi connectivity index (χ0v) is 16.3. The Labute approximate surface area is 169 Å². The number of amides is 3. The molecular weight excluding hydrogens is 368 g/mol. The fourth-order valence-corrected chi connectivity index (χ4v) is 4.06. The second-order valence-electron chi connectivity index (χ2n) is 7.70. The molecular formula is C21H26N6O2. The number of benzene rings is 1. The van der Waals surface area contributed by atoms with E-state index in [-0.39, 0.29) is 29.5 Å². The van der Waals surface area contributed by atoms with E-state index >= 15 is 0 Å². The summed E-state index contributed by atoms with van der Waals surface area (Å²) in [5.74, 6) is 0.326. The number of urea groups is 1. The van der Waals surface area contributed by atoms with Gasteiger partial charge in [0.25, 0.3) is 5.91 Å². The van der Waals surface area contributed by atoms with Gasteiger partial charge in [-0.05, 0) is 49.3 Å². The van der Waals surface area contributed by atoms with E-state index in [1.807, 2.05) is 12.1 Å². The van der Waals surface area contributed by atoms with Gasteiger partial charge in [0.1, 0.15) is 0 Å². The van der Waals surface area contributed by atoms with Gasteiger partial charge in [-0.1, -0.05) is 24.3 Å². The van der Waals surface area contributed by atoms with Gasteiger partial charge in [0, 0.05) is 31.5 Å². The van der Waals surface area contributed by atoms with E-state index < -0.39 is 0 Å². The average Bonchev–Trinajstić information content (AvgIpc) is 3.16. The molecule has 3 amide bonds. The molecule has 2 aromatic rings. The van der Waals surface area contributed by atoms with Gasteiger partial charge in [-0.15, -0.1) is 0 Å². The molecule has 1 aliphatic carbocycles. The van der Waals surface area contributed by atoms with Gasteiger partial charge in [0.05, 0.1) is 0 Å². The van der Waals surface area contributed by atoms with E-state index in [0.29, 0.717) is 25.6 Å². The summed E-state index contributed by atoms with van der Waals surface area (Å²) >= 11 is 0. The maximum absolute atomic E-state index is 12.8. The summed E-state index contributed by atoms with van der Waals surface area (Å²) in [6, 6.07) is 7.95. The molecule has 1 aromatic heterocycles. The van der Waals surface area contributed by atoms with E-state index in [1.165, 1.54) is 23.5 Å². The minimum atomic E-state index is -0.326. The zero-order valence-electron chi connectivity index (χ0n) is 16.3. The van der Waals surface area contributed by atoms with Crippen LogP contribution in [0, 0.1) is 5.92 Å².